The molecule has 5 rings (SSSR count). The molecule has 0 unspecified atom stereocenters. The lowest BCUT2D eigenvalue weighted by Gasteiger charge is -2.23. The van der Waals surface area contributed by atoms with Crippen LogP contribution in [0.15, 0.2) is 30.3 Å². The number of hydrogen-bond acceptors (Lipinski definition) is 6. The van der Waals surface area contributed by atoms with E-state index >= 15 is 0 Å². The van der Waals surface area contributed by atoms with Gasteiger partial charge in [0.25, 0.3) is 5.91 Å². The zero-order valence-electron chi connectivity index (χ0n) is 17.9. The van der Waals surface area contributed by atoms with Crippen LogP contribution in [0.25, 0.3) is 10.9 Å². The molecule has 2 aliphatic rings. The Balaban J connectivity index is 1.45. The van der Waals surface area contributed by atoms with Gasteiger partial charge in [-0.15, -0.1) is 5.10 Å². The number of fused-ring (bicyclic) bond motifs is 3. The number of aromatic nitrogens is 3. The van der Waals surface area contributed by atoms with E-state index in [1.54, 1.807) is 23.1 Å². The number of benzene rings is 1. The van der Waals surface area contributed by atoms with Crippen LogP contribution in [0.5, 0.6) is 0 Å². The first-order valence-electron chi connectivity index (χ1n) is 10.7. The number of halogens is 3. The van der Waals surface area contributed by atoms with Gasteiger partial charge in [-0.3, -0.25) is 4.79 Å². The van der Waals surface area contributed by atoms with Gasteiger partial charge in [-0.25, -0.2) is 4.98 Å². The van der Waals surface area contributed by atoms with Crippen molar-refractivity contribution < 1.29 is 22.7 Å². The van der Waals surface area contributed by atoms with Gasteiger partial charge < -0.3 is 15.4 Å². The highest BCUT2D eigenvalue weighted by Crippen LogP contribution is 2.38. The quantitative estimate of drug-likeness (QED) is 0.615. The highest BCUT2D eigenvalue weighted by molar-refractivity contribution is 5.99. The fourth-order valence-electron chi connectivity index (χ4n) is 4.20. The van der Waals surface area contributed by atoms with E-state index in [4.69, 9.17) is 10.5 Å². The van der Waals surface area contributed by atoms with Crippen molar-refractivity contribution in [3.63, 3.8) is 0 Å². The summed E-state index contributed by atoms with van der Waals surface area (Å²) in [5.74, 6) is 0.595. The van der Waals surface area contributed by atoms with Crippen molar-refractivity contribution in [1.29, 1.82) is 0 Å². The Labute approximate surface area is 187 Å². The predicted molar refractivity (Wildman–Crippen MR) is 114 cm³/mol. The molecular weight excluding hydrogens is 435 g/mol. The third-order valence-electron chi connectivity index (χ3n) is 6.12. The Kier molecular flexibility index (Phi) is 5.19. The molecule has 1 aliphatic heterocycles. The summed E-state index contributed by atoms with van der Waals surface area (Å²) < 4.78 is 44.1. The van der Waals surface area contributed by atoms with Crippen LogP contribution in [0.3, 0.4) is 0 Å². The molecule has 1 saturated carbocycles. The molecule has 3 heterocycles. The lowest BCUT2D eigenvalue weighted by molar-refractivity contribution is -0.141. The maximum absolute atomic E-state index is 13.4. The summed E-state index contributed by atoms with van der Waals surface area (Å²) in [6.45, 7) is 2.89. The van der Waals surface area contributed by atoms with Gasteiger partial charge in [0.05, 0.1) is 30.5 Å². The second-order valence-corrected chi connectivity index (χ2v) is 8.61. The number of carbonyl (C=O) groups excluding carboxylic acids is 1. The van der Waals surface area contributed by atoms with E-state index in [9.17, 15) is 18.0 Å². The van der Waals surface area contributed by atoms with E-state index in [0.29, 0.717) is 41.7 Å². The number of carbonyl (C=O) groups is 1. The Morgan fingerprint density at radius 1 is 1.21 bits per heavy atom. The van der Waals surface area contributed by atoms with Crippen molar-refractivity contribution in [1.82, 2.24) is 20.1 Å². The van der Waals surface area contributed by atoms with Gasteiger partial charge in [-0.2, -0.15) is 18.3 Å². The van der Waals surface area contributed by atoms with E-state index in [0.717, 1.165) is 35.4 Å². The molecular formula is C23H22F3N5O2. The molecule has 0 spiro atoms. The second-order valence-electron chi connectivity index (χ2n) is 8.61. The van der Waals surface area contributed by atoms with Crippen molar-refractivity contribution in [2.75, 3.05) is 12.3 Å². The maximum atomic E-state index is 13.4. The minimum Gasteiger partial charge on any atom is -0.383 e. The second kappa shape index (κ2) is 7.95. The maximum Gasteiger partial charge on any atom is 0.435 e. The van der Waals surface area contributed by atoms with Gasteiger partial charge in [0.15, 0.2) is 5.69 Å². The molecule has 3 aromatic rings. The number of nitrogen functional groups attached to an aromatic ring is 1. The number of rotatable bonds is 5. The molecule has 2 N–H and O–H groups in total. The molecule has 1 atom stereocenters. The van der Waals surface area contributed by atoms with Crippen LogP contribution in [0.2, 0.25) is 0 Å². The molecule has 1 aromatic carbocycles. The number of nitrogens with two attached hydrogens (primary N) is 1. The van der Waals surface area contributed by atoms with Gasteiger partial charge in [-0.05, 0) is 61.6 Å². The average molecular weight is 457 g/mol. The highest BCUT2D eigenvalue weighted by atomic mass is 19.4. The van der Waals surface area contributed by atoms with Crippen molar-refractivity contribution >= 4 is 22.6 Å². The van der Waals surface area contributed by atoms with Crippen molar-refractivity contribution in [3.05, 3.63) is 58.4 Å². The zero-order chi connectivity index (χ0) is 23.3. The molecule has 10 heteroatoms. The minimum atomic E-state index is -4.56. The predicted octanol–water partition coefficient (Wildman–Crippen LogP) is 4.27. The summed E-state index contributed by atoms with van der Waals surface area (Å²) in [4.78, 5) is 19.5. The Morgan fingerprint density at radius 3 is 2.67 bits per heavy atom. The first-order valence-corrected chi connectivity index (χ1v) is 10.7. The largest absolute Gasteiger partial charge is 0.435 e. The SMILES string of the molecule is C[C@H]1OCc2c1c(N)nc1ccc(C(=O)N(Cc3ccc(C(F)(F)F)nn3)CC3CC3)cc21. The highest BCUT2D eigenvalue weighted by Gasteiger charge is 2.33. The molecule has 7 nitrogen and oxygen atoms in total. The topological polar surface area (TPSA) is 94.2 Å². The molecule has 33 heavy (non-hydrogen) atoms. The summed E-state index contributed by atoms with van der Waals surface area (Å²) in [7, 11) is 0. The number of alkyl halides is 3. The molecule has 1 fully saturated rings. The van der Waals surface area contributed by atoms with Gasteiger partial charge >= 0.3 is 6.18 Å². The number of nitrogens with zero attached hydrogens (tertiary/aromatic N) is 4. The smallest absolute Gasteiger partial charge is 0.383 e. The molecule has 1 amide bonds. The monoisotopic (exact) mass is 457 g/mol. The van der Waals surface area contributed by atoms with E-state index in [-0.39, 0.29) is 18.6 Å². The summed E-state index contributed by atoms with van der Waals surface area (Å²) in [5.41, 5.74) is 8.29. The molecule has 0 radical (unpaired) electrons. The van der Waals surface area contributed by atoms with Crippen LogP contribution in [0.4, 0.5) is 19.0 Å². The number of anilines is 1. The first-order chi connectivity index (χ1) is 15.7. The fourth-order valence-corrected chi connectivity index (χ4v) is 4.20. The fraction of sp³-hybridized carbons (Fsp3) is 0.391. The number of hydrogen-bond donors (Lipinski definition) is 1. The van der Waals surface area contributed by atoms with Crippen molar-refractivity contribution in [3.8, 4) is 0 Å². The summed E-state index contributed by atoms with van der Waals surface area (Å²) in [5, 5.41) is 7.79. The Bertz CT molecular complexity index is 1230. The lowest BCUT2D eigenvalue weighted by Crippen LogP contribution is -2.33. The normalized spacial score (nSPS) is 17.9. The molecule has 2 aromatic heterocycles. The van der Waals surface area contributed by atoms with Gasteiger partial charge in [0.1, 0.15) is 5.82 Å². The summed E-state index contributed by atoms with van der Waals surface area (Å²) >= 11 is 0. The first kappa shape index (κ1) is 21.6. The Hall–Kier alpha value is -3.27. The average Bonchev–Trinajstić information content (AvgIpc) is 3.51. The zero-order valence-corrected chi connectivity index (χ0v) is 17.9. The number of ether oxygens (including phenoxy) is 1. The number of pyridine rings is 1. The standard InChI is InChI=1S/C23H22F3N5O2/c1-12-20-17(11-33-12)16-8-14(4-6-18(16)28-21(20)27)22(32)31(9-13-2-3-13)10-15-5-7-19(30-29-15)23(24,25)26/h4-8,12-13H,2-3,9-11H2,1H3,(H2,27,28)/t12-/m1/s1. The van der Waals surface area contributed by atoms with E-state index in [2.05, 4.69) is 15.2 Å². The minimum absolute atomic E-state index is 0.0801. The molecule has 0 saturated heterocycles. The summed E-state index contributed by atoms with van der Waals surface area (Å²) in [6, 6.07) is 7.40. The molecule has 1 aliphatic carbocycles. The Morgan fingerprint density at radius 2 is 2.00 bits per heavy atom. The van der Waals surface area contributed by atoms with Crippen LogP contribution < -0.4 is 5.73 Å². The third kappa shape index (κ3) is 4.22. The van der Waals surface area contributed by atoms with Gasteiger partial charge in [0.2, 0.25) is 0 Å². The van der Waals surface area contributed by atoms with Crippen LogP contribution >= 0.6 is 0 Å². The third-order valence-corrected chi connectivity index (χ3v) is 6.12. The van der Waals surface area contributed by atoms with Gasteiger partial charge in [0, 0.05) is 23.1 Å². The lowest BCUT2D eigenvalue weighted by atomic mass is 10.00. The van der Waals surface area contributed by atoms with Crippen molar-refractivity contribution in [2.24, 2.45) is 5.92 Å². The van der Waals surface area contributed by atoms with Gasteiger partial charge in [-0.1, -0.05) is 0 Å². The van der Waals surface area contributed by atoms with E-state index in [1.165, 1.54) is 6.07 Å². The molecule has 0 bridgehead atoms. The number of amides is 1. The van der Waals surface area contributed by atoms with E-state index in [1.807, 2.05) is 6.92 Å². The molecule has 172 valence electrons. The van der Waals surface area contributed by atoms with Crippen LogP contribution in [0, 0.1) is 5.92 Å². The van der Waals surface area contributed by atoms with E-state index < -0.39 is 11.9 Å². The summed E-state index contributed by atoms with van der Waals surface area (Å²) in [6.07, 6.45) is -2.68. The van der Waals surface area contributed by atoms with Crippen LogP contribution in [0.1, 0.15) is 58.7 Å². The van der Waals surface area contributed by atoms with Crippen LogP contribution in [-0.2, 0) is 24.1 Å². The van der Waals surface area contributed by atoms with Crippen LogP contribution in [-0.4, -0.2) is 32.5 Å². The van der Waals surface area contributed by atoms with Crippen molar-refractivity contribution in [2.45, 2.75) is 45.2 Å².